The van der Waals surface area contributed by atoms with Crippen LogP contribution in [0.25, 0.3) is 11.8 Å². The van der Waals surface area contributed by atoms with E-state index < -0.39 is 4.92 Å². The van der Waals surface area contributed by atoms with Crippen LogP contribution in [-0.4, -0.2) is 9.49 Å². The molecular formula is C25H16ClN3O3S2. The predicted octanol–water partition coefficient (Wildman–Crippen LogP) is 4.94. The SMILES string of the molecule is O=c1c(=Cc2cc([N+](=O)[O-])ccc2Cl)sc2n1C(c1cccs1)C1=C(N=2)c2ccccc2CC1. The lowest BCUT2D eigenvalue weighted by Crippen LogP contribution is -2.38. The number of aromatic nitrogens is 1. The molecule has 0 fully saturated rings. The largest absolute Gasteiger partial charge is 0.271 e. The molecule has 0 saturated carbocycles. The topological polar surface area (TPSA) is 77.5 Å². The second kappa shape index (κ2) is 8.16. The van der Waals surface area contributed by atoms with Crippen LogP contribution in [0.4, 0.5) is 5.69 Å². The highest BCUT2D eigenvalue weighted by molar-refractivity contribution is 7.10. The van der Waals surface area contributed by atoms with Gasteiger partial charge in [-0.25, -0.2) is 4.99 Å². The van der Waals surface area contributed by atoms with E-state index in [0.717, 1.165) is 34.6 Å². The number of hydrogen-bond donors (Lipinski definition) is 0. The van der Waals surface area contributed by atoms with E-state index in [1.807, 2.05) is 23.6 Å². The van der Waals surface area contributed by atoms with Crippen molar-refractivity contribution in [1.82, 2.24) is 4.57 Å². The quantitative estimate of drug-likeness (QED) is 0.292. The van der Waals surface area contributed by atoms with Crippen molar-refractivity contribution in [2.75, 3.05) is 0 Å². The van der Waals surface area contributed by atoms with Crippen molar-refractivity contribution in [3.8, 4) is 0 Å². The molecule has 0 saturated heterocycles. The number of thiazole rings is 1. The van der Waals surface area contributed by atoms with Gasteiger partial charge in [-0.2, -0.15) is 0 Å². The van der Waals surface area contributed by atoms with Crippen LogP contribution in [-0.2, 0) is 6.42 Å². The van der Waals surface area contributed by atoms with Crippen molar-refractivity contribution in [2.24, 2.45) is 4.99 Å². The zero-order chi connectivity index (χ0) is 23.4. The molecule has 0 bridgehead atoms. The fourth-order valence-corrected chi connectivity index (χ4v) is 6.63. The third kappa shape index (κ3) is 3.37. The van der Waals surface area contributed by atoms with Gasteiger partial charge in [0.1, 0.15) is 0 Å². The van der Waals surface area contributed by atoms with Gasteiger partial charge < -0.3 is 0 Å². The Morgan fingerprint density at radius 2 is 2.00 bits per heavy atom. The molecule has 1 aliphatic heterocycles. The monoisotopic (exact) mass is 505 g/mol. The predicted molar refractivity (Wildman–Crippen MR) is 135 cm³/mol. The molecule has 9 heteroatoms. The molecule has 6 nitrogen and oxygen atoms in total. The average molecular weight is 506 g/mol. The van der Waals surface area contributed by atoms with Crippen molar-refractivity contribution in [1.29, 1.82) is 0 Å². The molecule has 1 atom stereocenters. The van der Waals surface area contributed by atoms with Crippen molar-refractivity contribution in [2.45, 2.75) is 18.9 Å². The van der Waals surface area contributed by atoms with E-state index in [1.54, 1.807) is 22.0 Å². The molecule has 1 aliphatic carbocycles. The van der Waals surface area contributed by atoms with Gasteiger partial charge in [-0.3, -0.25) is 19.5 Å². The molecule has 0 N–H and O–H groups in total. The molecular weight excluding hydrogens is 490 g/mol. The summed E-state index contributed by atoms with van der Waals surface area (Å²) >= 11 is 9.21. The van der Waals surface area contributed by atoms with Crippen molar-refractivity contribution in [3.05, 3.63) is 122 Å². The molecule has 6 rings (SSSR count). The molecule has 0 spiro atoms. The van der Waals surface area contributed by atoms with Crippen molar-refractivity contribution in [3.63, 3.8) is 0 Å². The summed E-state index contributed by atoms with van der Waals surface area (Å²) in [4.78, 5) is 31.1. The minimum atomic E-state index is -0.475. The molecule has 4 aromatic rings. The molecule has 0 amide bonds. The zero-order valence-corrected chi connectivity index (χ0v) is 20.0. The first-order valence-corrected chi connectivity index (χ1v) is 12.7. The van der Waals surface area contributed by atoms with Gasteiger partial charge in [-0.15, -0.1) is 11.3 Å². The number of fused-ring (bicyclic) bond motifs is 3. The van der Waals surface area contributed by atoms with Crippen LogP contribution in [0, 0.1) is 10.1 Å². The van der Waals surface area contributed by atoms with Gasteiger partial charge in [0.15, 0.2) is 4.80 Å². The summed E-state index contributed by atoms with van der Waals surface area (Å²) in [6, 6.07) is 16.3. The molecule has 1 unspecified atom stereocenters. The Kier molecular flexibility index (Phi) is 5.09. The van der Waals surface area contributed by atoms with Crippen LogP contribution >= 0.6 is 34.3 Å². The van der Waals surface area contributed by atoms with E-state index in [-0.39, 0.29) is 17.3 Å². The second-order valence-corrected chi connectivity index (χ2v) is 10.5. The summed E-state index contributed by atoms with van der Waals surface area (Å²) in [6.07, 6.45) is 3.36. The lowest BCUT2D eigenvalue weighted by Gasteiger charge is -2.30. The van der Waals surface area contributed by atoms with Crippen LogP contribution in [0.15, 0.2) is 75.3 Å². The van der Waals surface area contributed by atoms with E-state index in [2.05, 4.69) is 18.2 Å². The van der Waals surface area contributed by atoms with E-state index >= 15 is 0 Å². The number of nitrogens with zero attached hydrogens (tertiary/aromatic N) is 3. The number of nitro benzene ring substituents is 1. The van der Waals surface area contributed by atoms with E-state index in [1.165, 1.54) is 35.1 Å². The first-order valence-electron chi connectivity index (χ1n) is 10.6. The molecule has 0 radical (unpaired) electrons. The Morgan fingerprint density at radius 3 is 2.79 bits per heavy atom. The molecule has 2 aromatic carbocycles. The van der Waals surface area contributed by atoms with Crippen LogP contribution < -0.4 is 14.9 Å². The normalized spacial score (nSPS) is 17.1. The Labute approximate surface area is 206 Å². The average Bonchev–Trinajstić information content (AvgIpc) is 3.47. The number of allylic oxidation sites excluding steroid dienone is 1. The molecule has 2 aromatic heterocycles. The van der Waals surface area contributed by atoms with E-state index in [4.69, 9.17) is 16.6 Å². The number of hydrogen-bond acceptors (Lipinski definition) is 6. The lowest BCUT2D eigenvalue weighted by molar-refractivity contribution is -0.384. The summed E-state index contributed by atoms with van der Waals surface area (Å²) in [5, 5.41) is 13.6. The highest BCUT2D eigenvalue weighted by Crippen LogP contribution is 2.42. The Bertz CT molecular complexity index is 1680. The number of rotatable bonds is 3. The summed E-state index contributed by atoms with van der Waals surface area (Å²) < 4.78 is 2.20. The Morgan fingerprint density at radius 1 is 1.15 bits per heavy atom. The van der Waals surface area contributed by atoms with Gasteiger partial charge in [-0.05, 0) is 47.6 Å². The minimum Gasteiger partial charge on any atom is -0.271 e. The van der Waals surface area contributed by atoms with Gasteiger partial charge in [0.2, 0.25) is 0 Å². The first kappa shape index (κ1) is 21.2. The van der Waals surface area contributed by atoms with Crippen LogP contribution in [0.5, 0.6) is 0 Å². The molecule has 34 heavy (non-hydrogen) atoms. The highest BCUT2D eigenvalue weighted by atomic mass is 35.5. The first-order chi connectivity index (χ1) is 16.5. The number of thiophene rings is 1. The third-order valence-electron chi connectivity index (χ3n) is 6.16. The summed E-state index contributed by atoms with van der Waals surface area (Å²) in [6.45, 7) is 0. The molecule has 2 aliphatic rings. The maximum Gasteiger partial charge on any atom is 0.271 e. The van der Waals surface area contributed by atoms with Crippen molar-refractivity contribution < 1.29 is 4.92 Å². The van der Waals surface area contributed by atoms with Gasteiger partial charge >= 0.3 is 0 Å². The van der Waals surface area contributed by atoms with Gasteiger partial charge in [0.25, 0.3) is 11.2 Å². The summed E-state index contributed by atoms with van der Waals surface area (Å²) in [5.74, 6) is 0. The maximum atomic E-state index is 13.7. The third-order valence-corrected chi connectivity index (χ3v) is 8.41. The highest BCUT2D eigenvalue weighted by Gasteiger charge is 2.33. The fraction of sp³-hybridized carbons (Fsp3) is 0.120. The lowest BCUT2D eigenvalue weighted by atomic mass is 9.85. The summed E-state index contributed by atoms with van der Waals surface area (Å²) in [5.41, 5.74) is 4.65. The van der Waals surface area contributed by atoms with Crippen molar-refractivity contribution >= 4 is 51.7 Å². The number of non-ortho nitro benzene ring substituents is 1. The summed E-state index contributed by atoms with van der Waals surface area (Å²) in [7, 11) is 0. The Balaban J connectivity index is 1.61. The van der Waals surface area contributed by atoms with E-state index in [9.17, 15) is 14.9 Å². The standard InChI is InChI=1S/C25H16ClN3O3S2/c26-19-10-8-16(29(31)32)12-15(19)13-21-24(30)28-23(20-6-3-11-33-20)18-9-7-14-4-1-2-5-17(14)22(18)27-25(28)34-21/h1-6,8,10-13,23H,7,9H2. The number of benzene rings is 2. The fourth-order valence-electron chi connectivity index (χ4n) is 4.61. The number of aryl methyl sites for hydroxylation is 1. The van der Waals surface area contributed by atoms with E-state index in [0.29, 0.717) is 19.9 Å². The Hall–Kier alpha value is -3.33. The van der Waals surface area contributed by atoms with Crippen LogP contribution in [0.2, 0.25) is 5.02 Å². The second-order valence-electron chi connectivity index (χ2n) is 8.09. The molecule has 168 valence electrons. The minimum absolute atomic E-state index is 0.0769. The van der Waals surface area contributed by atoms with Gasteiger partial charge in [-0.1, -0.05) is 53.3 Å². The van der Waals surface area contributed by atoms with Gasteiger partial charge in [0.05, 0.1) is 21.2 Å². The smallest absolute Gasteiger partial charge is 0.271 e. The van der Waals surface area contributed by atoms with Crippen LogP contribution in [0.1, 0.15) is 34.0 Å². The number of nitro groups is 1. The number of halogens is 1. The van der Waals surface area contributed by atoms with Gasteiger partial charge in [0, 0.05) is 33.2 Å². The maximum absolute atomic E-state index is 13.7. The van der Waals surface area contributed by atoms with Crippen LogP contribution in [0.3, 0.4) is 0 Å². The molecule has 3 heterocycles. The zero-order valence-electron chi connectivity index (χ0n) is 17.6.